The lowest BCUT2D eigenvalue weighted by atomic mass is 10.3. The third-order valence-corrected chi connectivity index (χ3v) is 3.94. The average molecular weight is 458 g/mol. The van der Waals surface area contributed by atoms with E-state index in [0.29, 0.717) is 33.1 Å². The van der Waals surface area contributed by atoms with Gasteiger partial charge in [-0.25, -0.2) is 4.99 Å². The first kappa shape index (κ1) is 23.5. The third kappa shape index (κ3) is 6.37. The number of aromatic amines is 1. The van der Waals surface area contributed by atoms with Gasteiger partial charge in [0.05, 0.1) is 29.2 Å². The molecule has 31 heavy (non-hydrogen) atoms. The highest BCUT2D eigenvalue weighted by atomic mass is 35.5. The van der Waals surface area contributed by atoms with Gasteiger partial charge in [0.15, 0.2) is 5.65 Å². The van der Waals surface area contributed by atoms with E-state index in [1.54, 1.807) is 19.9 Å². The Morgan fingerprint density at radius 1 is 1.19 bits per heavy atom. The van der Waals surface area contributed by atoms with E-state index in [9.17, 15) is 0 Å². The molecule has 0 saturated heterocycles. The van der Waals surface area contributed by atoms with Gasteiger partial charge in [0.2, 0.25) is 5.88 Å². The minimum atomic E-state index is -0.0808. The maximum Gasteiger partial charge on any atom is 0.327 e. The monoisotopic (exact) mass is 457 g/mol. The van der Waals surface area contributed by atoms with Crippen molar-refractivity contribution in [2.24, 2.45) is 15.0 Å². The molecular weight excluding hydrogens is 441 g/mol. The quantitative estimate of drug-likeness (QED) is 0.182. The molecule has 0 amide bonds. The Hall–Kier alpha value is -3.74. The van der Waals surface area contributed by atoms with E-state index in [1.807, 2.05) is 6.07 Å². The smallest absolute Gasteiger partial charge is 0.327 e. The molecule has 0 spiro atoms. The highest BCUT2D eigenvalue weighted by molar-refractivity contribution is 6.37. The maximum atomic E-state index is 9.01. The molecule has 158 valence electrons. The number of nitriles is 1. The fourth-order valence-corrected chi connectivity index (χ4v) is 2.63. The molecule has 2 heterocycles. The number of aromatic nitrogens is 3. The second-order valence-corrected chi connectivity index (χ2v) is 6.35. The molecule has 0 fully saturated rings. The largest absolute Gasteiger partial charge is 0.441 e. The number of aliphatic imine (C=N–C) groups is 3. The van der Waals surface area contributed by atoms with Gasteiger partial charge in [0.1, 0.15) is 23.2 Å². The highest BCUT2D eigenvalue weighted by Crippen LogP contribution is 2.36. The fourth-order valence-electron chi connectivity index (χ4n) is 2.22. The van der Waals surface area contributed by atoms with Crippen LogP contribution in [0, 0.1) is 11.3 Å². The molecule has 1 N–H and O–H groups in total. The van der Waals surface area contributed by atoms with Crippen LogP contribution in [0.4, 0.5) is 0 Å². The van der Waals surface area contributed by atoms with Gasteiger partial charge >= 0.3 is 6.01 Å². The Morgan fingerprint density at radius 2 is 1.97 bits per heavy atom. The summed E-state index contributed by atoms with van der Waals surface area (Å²) in [7, 11) is 0. The normalized spacial score (nSPS) is 13.1. The molecule has 0 radical (unpaired) electrons. The Morgan fingerprint density at radius 3 is 2.61 bits per heavy atom. The number of nitrogens with one attached hydrogen (secondary N) is 1. The minimum Gasteiger partial charge on any atom is -0.441 e. The summed E-state index contributed by atoms with van der Waals surface area (Å²) in [6.45, 7) is 9.98. The second-order valence-electron chi connectivity index (χ2n) is 5.72. The van der Waals surface area contributed by atoms with E-state index in [-0.39, 0.29) is 17.6 Å². The number of H-pyrrole nitrogens is 1. The van der Waals surface area contributed by atoms with E-state index in [1.165, 1.54) is 30.3 Å². The van der Waals surface area contributed by atoms with Gasteiger partial charge in [0, 0.05) is 11.1 Å². The van der Waals surface area contributed by atoms with Crippen molar-refractivity contribution in [2.45, 2.75) is 13.8 Å². The molecule has 0 aliphatic rings. The molecule has 0 atom stereocenters. The van der Waals surface area contributed by atoms with Gasteiger partial charge in [-0.3, -0.25) is 9.98 Å². The zero-order valence-electron chi connectivity index (χ0n) is 16.6. The number of hydrogen-bond acceptors (Lipinski definition) is 7. The van der Waals surface area contributed by atoms with Crippen molar-refractivity contribution in [3.8, 4) is 18.0 Å². The Bertz CT molecular complexity index is 1180. The van der Waals surface area contributed by atoms with Crippen LogP contribution in [0.1, 0.15) is 19.5 Å². The zero-order chi connectivity index (χ0) is 22.8. The molecule has 0 aliphatic heterocycles. The van der Waals surface area contributed by atoms with Gasteiger partial charge in [-0.1, -0.05) is 23.2 Å². The highest BCUT2D eigenvalue weighted by Gasteiger charge is 2.19. The first-order valence-corrected chi connectivity index (χ1v) is 9.35. The molecule has 2 rings (SSSR count). The lowest BCUT2D eigenvalue weighted by molar-refractivity contribution is 0.377. The maximum absolute atomic E-state index is 9.01. The number of fused-ring (bicyclic) bond motifs is 1. The van der Waals surface area contributed by atoms with E-state index in [4.69, 9.17) is 37.9 Å². The topological polar surface area (TPSA) is 121 Å². The summed E-state index contributed by atoms with van der Waals surface area (Å²) in [5.41, 5.74) is 2.53. The summed E-state index contributed by atoms with van der Waals surface area (Å²) in [5, 5.41) is 9.73. The standard InChI is InChI=1S/C20H17Cl2N7O2/c1-12(8-23)7-14(10-24-3)31-20-28-18-16(17(22)15(27-18)5-6-21)19(29-20)30-13(2)9-26-11-25-4/h5-7,9-11H,3-4H2,1-2H3,(H,27,28,29)/b6-5+,12-7+,13-9+,14-10+,26-11-. The zero-order valence-corrected chi connectivity index (χ0v) is 18.1. The van der Waals surface area contributed by atoms with Crippen molar-refractivity contribution in [1.82, 2.24) is 15.0 Å². The van der Waals surface area contributed by atoms with Crippen LogP contribution in [-0.4, -0.2) is 34.7 Å². The van der Waals surface area contributed by atoms with Crippen LogP contribution < -0.4 is 9.47 Å². The lowest BCUT2D eigenvalue weighted by Gasteiger charge is -2.09. The molecule has 2 aromatic heterocycles. The minimum absolute atomic E-state index is 0.0808. The summed E-state index contributed by atoms with van der Waals surface area (Å²) in [6, 6.07) is 1.91. The third-order valence-electron chi connectivity index (χ3n) is 3.42. The van der Waals surface area contributed by atoms with Crippen molar-refractivity contribution < 1.29 is 9.47 Å². The Balaban J connectivity index is 2.61. The number of allylic oxidation sites excluding steroid dienone is 3. The summed E-state index contributed by atoms with van der Waals surface area (Å²) in [4.78, 5) is 22.7. The van der Waals surface area contributed by atoms with Crippen molar-refractivity contribution in [2.75, 3.05) is 0 Å². The van der Waals surface area contributed by atoms with Gasteiger partial charge in [-0.05, 0) is 39.4 Å². The fraction of sp³-hybridized carbons (Fsp3) is 0.100. The summed E-state index contributed by atoms with van der Waals surface area (Å²) >= 11 is 12.1. The van der Waals surface area contributed by atoms with Crippen LogP contribution >= 0.6 is 23.2 Å². The number of ether oxygens (including phenoxy) is 2. The van der Waals surface area contributed by atoms with Crippen LogP contribution in [0.3, 0.4) is 0 Å². The number of rotatable bonds is 9. The Labute approximate surface area is 188 Å². The van der Waals surface area contributed by atoms with Crippen LogP contribution in [0.15, 0.2) is 56.1 Å². The van der Waals surface area contributed by atoms with Crippen molar-refractivity contribution in [1.29, 1.82) is 5.26 Å². The molecule has 0 saturated carbocycles. The Kier molecular flexibility index (Phi) is 8.69. The van der Waals surface area contributed by atoms with E-state index in [0.717, 1.165) is 0 Å². The SMILES string of the molecule is C=N/C=N\C=C(/C)Oc1nc(OC(/C=C(\C)C#N)=C/N=C)nc2[nH]c(/C=C/Cl)c(Cl)c12. The van der Waals surface area contributed by atoms with Crippen molar-refractivity contribution >= 4 is 60.1 Å². The number of hydrogen-bond donors (Lipinski definition) is 1. The van der Waals surface area contributed by atoms with Crippen LogP contribution in [0.25, 0.3) is 17.1 Å². The molecule has 0 bridgehead atoms. The van der Waals surface area contributed by atoms with Gasteiger partial charge in [-0.2, -0.15) is 15.2 Å². The molecule has 0 aliphatic carbocycles. The number of nitrogens with zero attached hydrogens (tertiary/aromatic N) is 6. The summed E-state index contributed by atoms with van der Waals surface area (Å²) in [6.07, 6.45) is 7.03. The van der Waals surface area contributed by atoms with Crippen LogP contribution in [0.5, 0.6) is 11.9 Å². The van der Waals surface area contributed by atoms with Crippen molar-refractivity contribution in [3.63, 3.8) is 0 Å². The van der Waals surface area contributed by atoms with Crippen LogP contribution in [-0.2, 0) is 0 Å². The predicted octanol–water partition coefficient (Wildman–Crippen LogP) is 5.18. The molecule has 11 heteroatoms. The first-order chi connectivity index (χ1) is 14.9. The lowest BCUT2D eigenvalue weighted by Crippen LogP contribution is -2.02. The van der Waals surface area contributed by atoms with Crippen LogP contribution in [0.2, 0.25) is 5.02 Å². The van der Waals surface area contributed by atoms with E-state index in [2.05, 4.69) is 43.4 Å². The molecule has 0 aromatic carbocycles. The average Bonchev–Trinajstić information content (AvgIpc) is 3.04. The van der Waals surface area contributed by atoms with Crippen molar-refractivity contribution in [3.05, 3.63) is 51.8 Å². The van der Waals surface area contributed by atoms with Gasteiger partial charge < -0.3 is 14.5 Å². The van der Waals surface area contributed by atoms with Gasteiger partial charge in [0.25, 0.3) is 0 Å². The molecular formula is C20H17Cl2N7O2. The predicted molar refractivity (Wildman–Crippen MR) is 124 cm³/mol. The number of halogens is 2. The summed E-state index contributed by atoms with van der Waals surface area (Å²) in [5.74, 6) is 0.700. The molecule has 9 nitrogen and oxygen atoms in total. The van der Waals surface area contributed by atoms with Gasteiger partial charge in [-0.15, -0.1) is 0 Å². The van der Waals surface area contributed by atoms with E-state index < -0.39 is 0 Å². The summed E-state index contributed by atoms with van der Waals surface area (Å²) < 4.78 is 11.5. The second kappa shape index (κ2) is 11.4. The molecule has 0 unspecified atom stereocenters. The van der Waals surface area contributed by atoms with E-state index >= 15 is 0 Å². The first-order valence-electron chi connectivity index (χ1n) is 8.53. The molecule has 2 aromatic rings.